The molecule has 1 N–H and O–H groups in total. The van der Waals surface area contributed by atoms with Crippen molar-refractivity contribution < 1.29 is 4.79 Å². The minimum absolute atomic E-state index is 0.119. The smallest absolute Gasteiger partial charge is 0.273 e. The van der Waals surface area contributed by atoms with Gasteiger partial charge in [-0.3, -0.25) is 14.2 Å². The summed E-state index contributed by atoms with van der Waals surface area (Å²) < 4.78 is 4.29. The van der Waals surface area contributed by atoms with E-state index in [1.807, 2.05) is 45.6 Å². The molecule has 0 aliphatic heterocycles. The maximum Gasteiger partial charge on any atom is 0.273 e. The zero-order chi connectivity index (χ0) is 15.7. The lowest BCUT2D eigenvalue weighted by Gasteiger charge is -2.12. The molecule has 0 saturated heterocycles. The van der Waals surface area contributed by atoms with Crippen LogP contribution in [0.1, 0.15) is 47.3 Å². The molecule has 6 nitrogen and oxygen atoms in total. The first-order chi connectivity index (χ1) is 9.85. The predicted octanol–water partition coefficient (Wildman–Crippen LogP) is 2.51. The normalized spacial score (nSPS) is 12.5. The molecule has 0 fully saturated rings. The van der Waals surface area contributed by atoms with Crippen LogP contribution in [-0.4, -0.2) is 25.5 Å². The first kappa shape index (κ1) is 15.8. The number of hydrogen-bond donors (Lipinski definition) is 1. The molecule has 1 amide bonds. The van der Waals surface area contributed by atoms with Crippen LogP contribution < -0.4 is 5.32 Å². The third-order valence-corrected chi connectivity index (χ3v) is 4.55. The zero-order valence-electron chi connectivity index (χ0n) is 12.9. The van der Waals surface area contributed by atoms with Gasteiger partial charge in [-0.15, -0.1) is 0 Å². The molecule has 0 aliphatic carbocycles. The van der Waals surface area contributed by atoms with Crippen LogP contribution in [0.4, 0.5) is 0 Å². The molecule has 1 atom stereocenters. The van der Waals surface area contributed by atoms with Crippen molar-refractivity contribution in [2.24, 2.45) is 7.05 Å². The quantitative estimate of drug-likeness (QED) is 0.918. The minimum Gasteiger partial charge on any atom is -0.344 e. The summed E-state index contributed by atoms with van der Waals surface area (Å²) in [4.78, 5) is 12.4. The fourth-order valence-corrected chi connectivity index (χ4v) is 2.71. The molecule has 2 heterocycles. The van der Waals surface area contributed by atoms with Gasteiger partial charge in [0.1, 0.15) is 0 Å². The molecule has 21 heavy (non-hydrogen) atoms. The van der Waals surface area contributed by atoms with Crippen molar-refractivity contribution in [3.8, 4) is 0 Å². The van der Waals surface area contributed by atoms with Gasteiger partial charge in [0.05, 0.1) is 21.9 Å². The van der Waals surface area contributed by atoms with Crippen molar-refractivity contribution in [3.63, 3.8) is 0 Å². The van der Waals surface area contributed by atoms with Crippen molar-refractivity contribution in [1.82, 2.24) is 24.9 Å². The van der Waals surface area contributed by atoms with E-state index in [0.717, 1.165) is 28.0 Å². The zero-order valence-corrected chi connectivity index (χ0v) is 14.5. The van der Waals surface area contributed by atoms with Crippen molar-refractivity contribution in [1.29, 1.82) is 0 Å². The molecule has 0 radical (unpaired) electrons. The number of aryl methyl sites for hydroxylation is 3. The van der Waals surface area contributed by atoms with Crippen LogP contribution in [0, 0.1) is 13.8 Å². The third-order valence-electron chi connectivity index (χ3n) is 3.60. The number of carbonyl (C=O) groups is 1. The first-order valence-corrected chi connectivity index (χ1v) is 7.68. The molecule has 2 rings (SSSR count). The number of nitrogens with zero attached hydrogens (tertiary/aromatic N) is 4. The number of rotatable bonds is 4. The van der Waals surface area contributed by atoms with Gasteiger partial charge in [-0.1, -0.05) is 0 Å². The van der Waals surface area contributed by atoms with Crippen LogP contribution in [0.2, 0.25) is 0 Å². The molecule has 0 unspecified atom stereocenters. The first-order valence-electron chi connectivity index (χ1n) is 6.89. The molecule has 0 aliphatic rings. The van der Waals surface area contributed by atoms with Gasteiger partial charge in [0.2, 0.25) is 0 Å². The molecular formula is C14H20BrN5O. The number of carbonyl (C=O) groups excluding carboxylic acids is 1. The highest BCUT2D eigenvalue weighted by atomic mass is 79.9. The highest BCUT2D eigenvalue weighted by molar-refractivity contribution is 9.10. The Bertz CT molecular complexity index is 673. The summed E-state index contributed by atoms with van der Waals surface area (Å²) in [5.41, 5.74) is 3.28. The van der Waals surface area contributed by atoms with Gasteiger partial charge in [-0.2, -0.15) is 10.2 Å². The Morgan fingerprint density at radius 2 is 2.10 bits per heavy atom. The maximum absolute atomic E-state index is 12.4. The number of aromatic nitrogens is 4. The van der Waals surface area contributed by atoms with Gasteiger partial charge in [0.25, 0.3) is 5.91 Å². The van der Waals surface area contributed by atoms with E-state index in [9.17, 15) is 4.79 Å². The molecule has 0 spiro atoms. The number of halogens is 1. The Hall–Kier alpha value is -1.63. The highest BCUT2D eigenvalue weighted by Gasteiger charge is 2.21. The lowest BCUT2D eigenvalue weighted by Crippen LogP contribution is -2.27. The molecule has 2 aromatic heterocycles. The molecule has 0 bridgehead atoms. The largest absolute Gasteiger partial charge is 0.344 e. The summed E-state index contributed by atoms with van der Waals surface area (Å²) >= 11 is 3.42. The Labute approximate surface area is 132 Å². The van der Waals surface area contributed by atoms with Crippen molar-refractivity contribution >= 4 is 21.8 Å². The second kappa shape index (κ2) is 6.01. The van der Waals surface area contributed by atoms with Crippen LogP contribution in [-0.2, 0) is 13.6 Å². The minimum atomic E-state index is -0.193. The predicted molar refractivity (Wildman–Crippen MR) is 84.2 cm³/mol. The Morgan fingerprint density at radius 1 is 1.43 bits per heavy atom. The molecule has 0 saturated carbocycles. The van der Waals surface area contributed by atoms with Crippen LogP contribution >= 0.6 is 15.9 Å². The summed E-state index contributed by atoms with van der Waals surface area (Å²) in [6.45, 7) is 8.66. The molecule has 114 valence electrons. The van der Waals surface area contributed by atoms with E-state index in [4.69, 9.17) is 0 Å². The van der Waals surface area contributed by atoms with Gasteiger partial charge in [0, 0.05) is 25.4 Å². The van der Waals surface area contributed by atoms with Crippen LogP contribution in [0.15, 0.2) is 10.7 Å². The fourth-order valence-electron chi connectivity index (χ4n) is 2.19. The second-order valence-electron chi connectivity index (χ2n) is 5.09. The number of amides is 1. The van der Waals surface area contributed by atoms with Gasteiger partial charge < -0.3 is 5.32 Å². The van der Waals surface area contributed by atoms with E-state index < -0.39 is 0 Å². The average Bonchev–Trinajstić information content (AvgIpc) is 2.94. The maximum atomic E-state index is 12.4. The van der Waals surface area contributed by atoms with Gasteiger partial charge in [0.15, 0.2) is 5.69 Å². The summed E-state index contributed by atoms with van der Waals surface area (Å²) in [6, 6.07) is -0.119. The third kappa shape index (κ3) is 3.02. The lowest BCUT2D eigenvalue weighted by molar-refractivity contribution is 0.0933. The SMILES string of the molecule is CCn1cc([C@H](C)NC(=O)c2nn(C)c(C)c2Br)c(C)n1. The molecule has 2 aromatic rings. The van der Waals surface area contributed by atoms with E-state index in [1.165, 1.54) is 0 Å². The summed E-state index contributed by atoms with van der Waals surface area (Å²) in [7, 11) is 1.82. The standard InChI is InChI=1S/C14H20BrN5O/c1-6-20-7-11(9(3)17-20)8(2)16-14(21)13-12(15)10(4)19(5)18-13/h7-8H,6H2,1-5H3,(H,16,21)/t8-/m0/s1. The number of hydrogen-bond acceptors (Lipinski definition) is 3. The summed E-state index contributed by atoms with van der Waals surface area (Å²) in [5.74, 6) is -0.193. The van der Waals surface area contributed by atoms with Gasteiger partial charge in [-0.25, -0.2) is 0 Å². The van der Waals surface area contributed by atoms with E-state index in [1.54, 1.807) is 4.68 Å². The lowest BCUT2D eigenvalue weighted by atomic mass is 10.1. The van der Waals surface area contributed by atoms with Crippen molar-refractivity contribution in [2.75, 3.05) is 0 Å². The number of nitrogens with one attached hydrogen (secondary N) is 1. The summed E-state index contributed by atoms with van der Waals surface area (Å²) in [5, 5.41) is 11.6. The highest BCUT2D eigenvalue weighted by Crippen LogP contribution is 2.22. The fraction of sp³-hybridized carbons (Fsp3) is 0.500. The second-order valence-corrected chi connectivity index (χ2v) is 5.89. The Balaban J connectivity index is 2.18. The van der Waals surface area contributed by atoms with Gasteiger partial charge >= 0.3 is 0 Å². The molecular weight excluding hydrogens is 334 g/mol. The van der Waals surface area contributed by atoms with E-state index in [-0.39, 0.29) is 11.9 Å². The van der Waals surface area contributed by atoms with Crippen molar-refractivity contribution in [3.05, 3.63) is 33.3 Å². The van der Waals surface area contributed by atoms with Gasteiger partial charge in [-0.05, 0) is 43.6 Å². The van der Waals surface area contributed by atoms with Crippen LogP contribution in [0.25, 0.3) is 0 Å². The molecule has 7 heteroatoms. The Kier molecular flexibility index (Phi) is 4.51. The van der Waals surface area contributed by atoms with Crippen LogP contribution in [0.5, 0.6) is 0 Å². The summed E-state index contributed by atoms with van der Waals surface area (Å²) in [6.07, 6.45) is 1.97. The monoisotopic (exact) mass is 353 g/mol. The topological polar surface area (TPSA) is 64.7 Å². The van der Waals surface area contributed by atoms with E-state index in [2.05, 4.69) is 31.4 Å². The van der Waals surface area contributed by atoms with Crippen molar-refractivity contribution in [2.45, 2.75) is 40.3 Å². The van der Waals surface area contributed by atoms with E-state index >= 15 is 0 Å². The average molecular weight is 354 g/mol. The van der Waals surface area contributed by atoms with Crippen LogP contribution in [0.3, 0.4) is 0 Å². The molecule has 0 aromatic carbocycles. The Morgan fingerprint density at radius 3 is 2.57 bits per heavy atom. The van der Waals surface area contributed by atoms with E-state index in [0.29, 0.717) is 5.69 Å².